The minimum atomic E-state index is -2.28. The van der Waals surface area contributed by atoms with Crippen molar-refractivity contribution in [3.05, 3.63) is 246 Å². The molecule has 0 N–H and O–H groups in total. The van der Waals surface area contributed by atoms with Gasteiger partial charge in [0, 0.05) is 55.5 Å². The third kappa shape index (κ3) is 7.15. The van der Waals surface area contributed by atoms with E-state index in [4.69, 9.17) is 0 Å². The minimum Gasteiger partial charge on any atom is -0.311 e. The lowest BCUT2D eigenvalue weighted by atomic mass is 10.00. The van der Waals surface area contributed by atoms with Gasteiger partial charge < -0.3 is 14.0 Å². The second-order valence-electron chi connectivity index (χ2n) is 17.6. The summed E-state index contributed by atoms with van der Waals surface area (Å²) >= 11 is 0. The van der Waals surface area contributed by atoms with Crippen molar-refractivity contribution >= 4 is 60.7 Å². The van der Waals surface area contributed by atoms with Crippen LogP contribution in [0.3, 0.4) is 0 Å². The Balaban J connectivity index is 0.917. The van der Waals surface area contributed by atoms with E-state index in [-0.39, 0.29) is 11.1 Å². The van der Waals surface area contributed by atoms with Crippen LogP contribution in [0.25, 0.3) is 88.4 Å². The van der Waals surface area contributed by atoms with Gasteiger partial charge in [-0.15, -0.1) is 0 Å². The Morgan fingerprint density at radius 2 is 0.603 bits per heavy atom. The zero-order valence-electron chi connectivity index (χ0n) is 38.1. The maximum Gasteiger partial charge on any atom is 0.200 e. The predicted octanol–water partition coefficient (Wildman–Crippen LogP) is 17.9. The highest BCUT2D eigenvalue weighted by molar-refractivity contribution is 6.11. The summed E-state index contributed by atoms with van der Waals surface area (Å²) in [7, 11) is 0. The number of hydrogen-bond acceptors (Lipinski definition) is 1. The van der Waals surface area contributed by atoms with Gasteiger partial charge >= 0.3 is 0 Å². The molecule has 0 aliphatic rings. The van der Waals surface area contributed by atoms with Gasteiger partial charge in [-0.2, -0.15) is 0 Å². The molecule has 0 aliphatic carbocycles. The molecule has 12 aromatic rings. The van der Waals surface area contributed by atoms with Crippen LogP contribution in [-0.4, -0.2) is 9.13 Å². The molecule has 12 rings (SSSR count). The molecule has 3 nitrogen and oxygen atoms in total. The second-order valence-corrected chi connectivity index (χ2v) is 17.6. The summed E-state index contributed by atoms with van der Waals surface area (Å²) in [6.45, 7) is 0.926. The predicted molar refractivity (Wildman–Crippen MR) is 270 cm³/mol. The maximum absolute atomic E-state index is 15.1. The number of hydrogen-bond donors (Lipinski definition) is 0. The Hall–Kier alpha value is -9.03. The van der Waals surface area contributed by atoms with E-state index in [9.17, 15) is 30.7 Å². The Bertz CT molecular complexity index is 3960. The fraction of sp³-hybridized carbons (Fsp3) is 0.0164. The minimum absolute atomic E-state index is 0.165. The summed E-state index contributed by atoms with van der Waals surface area (Å²) in [6, 6.07) is 57.7. The highest BCUT2D eigenvalue weighted by Crippen LogP contribution is 2.42. The molecule has 2 aromatic heterocycles. The van der Waals surface area contributed by atoms with Crippen LogP contribution in [0.5, 0.6) is 0 Å². The van der Waals surface area contributed by atoms with Gasteiger partial charge in [0.25, 0.3) is 0 Å². The van der Waals surface area contributed by atoms with Crippen LogP contribution < -0.4 is 4.90 Å². The molecule has 0 fully saturated rings. The molecule has 0 bridgehead atoms. The van der Waals surface area contributed by atoms with E-state index < -0.39 is 69.0 Å². The van der Waals surface area contributed by atoms with E-state index in [0.717, 1.165) is 62.3 Å². The van der Waals surface area contributed by atoms with Crippen molar-refractivity contribution in [1.82, 2.24) is 9.13 Å². The van der Waals surface area contributed by atoms with E-state index in [2.05, 4.69) is 94.1 Å². The third-order valence-corrected chi connectivity index (χ3v) is 13.6. The number of anilines is 3. The molecule has 2 heterocycles. The molecular weight excluding hydrogens is 946 g/mol. The van der Waals surface area contributed by atoms with Gasteiger partial charge in [0.1, 0.15) is 0 Å². The number of para-hydroxylation sites is 3. The number of fused-ring (bicyclic) bond motifs is 6. The van der Waals surface area contributed by atoms with Gasteiger partial charge in [0.2, 0.25) is 5.82 Å². The molecule has 0 atom stereocenters. The first kappa shape index (κ1) is 45.1. The van der Waals surface area contributed by atoms with Crippen molar-refractivity contribution < 1.29 is 39.5 Å². The van der Waals surface area contributed by atoms with Crippen LogP contribution in [-0.2, 0) is 0 Å². The normalized spacial score (nSPS) is 11.7. The number of halogens is 9. The smallest absolute Gasteiger partial charge is 0.200 e. The Kier molecular flexibility index (Phi) is 10.7. The number of benzene rings is 10. The quantitative estimate of drug-likeness (QED) is 0.0840. The van der Waals surface area contributed by atoms with Crippen LogP contribution >= 0.6 is 0 Å². The average Bonchev–Trinajstić information content (AvgIpc) is 3.95. The van der Waals surface area contributed by atoms with Crippen molar-refractivity contribution in [2.24, 2.45) is 0 Å². The standard InChI is InChI=1S/C61H34F9N3/c1-33-53(62)55(64)51(56(65)54(33)63)35-16-23-39(24-17-35)71(40-25-18-36(19-26-40)52-57(66)59(68)61(70)60(69)58(52)67)38-21-14-34(15-22-38)37-20-31-50-46(32-37)45-10-4-7-13-49(45)73(50)42-29-27-41(28-30-42)72-47-11-5-2-8-43(47)44-9-3-6-12-48(44)72/h2-32H,1H3. The molecule has 0 spiro atoms. The average molecular weight is 980 g/mol. The van der Waals surface area contributed by atoms with Gasteiger partial charge in [-0.25, -0.2) is 39.5 Å². The van der Waals surface area contributed by atoms with Crippen LogP contribution in [0.2, 0.25) is 0 Å². The Morgan fingerprint density at radius 1 is 0.288 bits per heavy atom. The number of nitrogens with zero attached hydrogens (tertiary/aromatic N) is 3. The van der Waals surface area contributed by atoms with E-state index in [1.54, 1.807) is 17.0 Å². The first-order valence-corrected chi connectivity index (χ1v) is 23.0. The fourth-order valence-electron chi connectivity index (χ4n) is 10.0. The van der Waals surface area contributed by atoms with Crippen LogP contribution in [0.15, 0.2) is 188 Å². The molecule has 0 radical (unpaired) electrons. The molecule has 12 heteroatoms. The lowest BCUT2D eigenvalue weighted by Gasteiger charge is -2.26. The summed E-state index contributed by atoms with van der Waals surface area (Å²) in [5.41, 5.74) is 5.95. The van der Waals surface area contributed by atoms with E-state index in [0.29, 0.717) is 17.1 Å². The highest BCUT2D eigenvalue weighted by atomic mass is 19.2. The molecule has 73 heavy (non-hydrogen) atoms. The van der Waals surface area contributed by atoms with Gasteiger partial charge in [0.15, 0.2) is 46.5 Å². The van der Waals surface area contributed by atoms with Crippen molar-refractivity contribution in [3.8, 4) is 44.8 Å². The van der Waals surface area contributed by atoms with E-state index in [1.165, 1.54) is 59.3 Å². The zero-order valence-corrected chi connectivity index (χ0v) is 38.1. The lowest BCUT2D eigenvalue weighted by Crippen LogP contribution is -2.10. The van der Waals surface area contributed by atoms with Crippen molar-refractivity contribution in [3.63, 3.8) is 0 Å². The summed E-state index contributed by atoms with van der Waals surface area (Å²) in [4.78, 5) is 1.67. The molecule has 356 valence electrons. The van der Waals surface area contributed by atoms with Crippen LogP contribution in [0, 0.1) is 59.3 Å². The first-order chi connectivity index (χ1) is 35.4. The maximum atomic E-state index is 15.1. The topological polar surface area (TPSA) is 13.1 Å². The van der Waals surface area contributed by atoms with Crippen molar-refractivity contribution in [1.29, 1.82) is 0 Å². The SMILES string of the molecule is Cc1c(F)c(F)c(-c2ccc(N(c3ccc(-c4ccc5c(c4)c4ccccc4n5-c4ccc(-n5c6ccccc6c6ccccc65)cc4)cc3)c3ccc(-c4c(F)c(F)c(F)c(F)c4F)cc3)cc2)c(F)c1F. The largest absolute Gasteiger partial charge is 0.311 e. The molecule has 0 aliphatic heterocycles. The van der Waals surface area contributed by atoms with Gasteiger partial charge in [0.05, 0.1) is 33.2 Å². The molecule has 0 saturated carbocycles. The number of aromatic nitrogens is 2. The third-order valence-electron chi connectivity index (χ3n) is 13.6. The number of rotatable bonds is 8. The van der Waals surface area contributed by atoms with Crippen molar-refractivity contribution in [2.45, 2.75) is 6.92 Å². The summed E-state index contributed by atoms with van der Waals surface area (Å²) in [6.07, 6.45) is 0. The lowest BCUT2D eigenvalue weighted by molar-refractivity contribution is 0.381. The first-order valence-electron chi connectivity index (χ1n) is 23.0. The van der Waals surface area contributed by atoms with Gasteiger partial charge in [-0.05, 0) is 120 Å². The summed E-state index contributed by atoms with van der Waals surface area (Å²) in [5.74, 6) is -16.6. The highest BCUT2D eigenvalue weighted by Gasteiger charge is 2.28. The molecular formula is C61H34F9N3. The van der Waals surface area contributed by atoms with E-state index in [1.807, 2.05) is 42.5 Å². The second kappa shape index (κ2) is 17.4. The fourth-order valence-corrected chi connectivity index (χ4v) is 10.0. The molecule has 0 amide bonds. The molecule has 0 saturated heterocycles. The molecule has 10 aromatic carbocycles. The zero-order chi connectivity index (χ0) is 50.4. The van der Waals surface area contributed by atoms with Crippen molar-refractivity contribution in [2.75, 3.05) is 4.90 Å². The Labute approximate surface area is 410 Å². The van der Waals surface area contributed by atoms with Crippen LogP contribution in [0.4, 0.5) is 56.6 Å². The van der Waals surface area contributed by atoms with Crippen LogP contribution in [0.1, 0.15) is 5.56 Å². The van der Waals surface area contributed by atoms with E-state index >= 15 is 8.78 Å². The summed E-state index contributed by atoms with van der Waals surface area (Å²) < 4.78 is 136. The Morgan fingerprint density at radius 3 is 1.01 bits per heavy atom. The van der Waals surface area contributed by atoms with Gasteiger partial charge in [-0.1, -0.05) is 97.1 Å². The monoisotopic (exact) mass is 979 g/mol. The van der Waals surface area contributed by atoms with Gasteiger partial charge in [-0.3, -0.25) is 0 Å². The summed E-state index contributed by atoms with van der Waals surface area (Å²) in [5, 5.41) is 4.42. The molecule has 0 unspecified atom stereocenters.